The molecular weight excluding hydrogens is 230 g/mol. The monoisotopic (exact) mass is 249 g/mol. The second-order valence-electron chi connectivity index (χ2n) is 4.60. The van der Waals surface area contributed by atoms with E-state index in [4.69, 9.17) is 9.47 Å². The maximum Gasteiger partial charge on any atom is 0.347 e. The van der Waals surface area contributed by atoms with Crippen LogP contribution < -0.4 is 10.1 Å². The number of cyclic esters (lactones) is 1. The minimum atomic E-state index is -0.448. The molecule has 0 amide bonds. The molecule has 98 valence electrons. The molecule has 0 saturated carbocycles. The molecular formula is C14H19NO3. The van der Waals surface area contributed by atoms with E-state index < -0.39 is 6.10 Å². The molecule has 1 fully saturated rings. The number of hydrogen-bond donors (Lipinski definition) is 1. The summed E-state index contributed by atoms with van der Waals surface area (Å²) in [7, 11) is 1.93. The van der Waals surface area contributed by atoms with Crippen molar-refractivity contribution >= 4 is 5.97 Å². The third-order valence-corrected chi connectivity index (χ3v) is 3.29. The Morgan fingerprint density at radius 2 is 2.28 bits per heavy atom. The highest BCUT2D eigenvalue weighted by atomic mass is 16.6. The summed E-state index contributed by atoms with van der Waals surface area (Å²) in [4.78, 5) is 11.4. The molecule has 1 aromatic rings. The lowest BCUT2D eigenvalue weighted by Crippen LogP contribution is -2.22. The number of benzene rings is 1. The second-order valence-corrected chi connectivity index (χ2v) is 4.60. The van der Waals surface area contributed by atoms with Crippen molar-refractivity contribution in [1.82, 2.24) is 5.32 Å². The molecule has 2 atom stereocenters. The van der Waals surface area contributed by atoms with Crippen LogP contribution in [0.5, 0.6) is 5.75 Å². The van der Waals surface area contributed by atoms with Crippen LogP contribution in [0.2, 0.25) is 0 Å². The number of carbonyl (C=O) groups excluding carboxylic acids is 1. The van der Waals surface area contributed by atoms with Crippen LogP contribution in [0.1, 0.15) is 30.5 Å². The molecule has 2 rings (SSSR count). The second kappa shape index (κ2) is 5.40. The zero-order chi connectivity index (χ0) is 13.1. The lowest BCUT2D eigenvalue weighted by Gasteiger charge is -2.16. The molecule has 1 aliphatic rings. The van der Waals surface area contributed by atoms with Crippen molar-refractivity contribution in [1.29, 1.82) is 0 Å². The number of nitrogens with one attached hydrogen (secondary N) is 1. The average molecular weight is 249 g/mol. The molecule has 0 aliphatic carbocycles. The van der Waals surface area contributed by atoms with Crippen LogP contribution in [0.3, 0.4) is 0 Å². The van der Waals surface area contributed by atoms with Gasteiger partial charge in [-0.2, -0.15) is 0 Å². The van der Waals surface area contributed by atoms with Gasteiger partial charge in [0.25, 0.3) is 0 Å². The largest absolute Gasteiger partial charge is 0.478 e. The Kier molecular flexibility index (Phi) is 3.87. The van der Waals surface area contributed by atoms with Gasteiger partial charge < -0.3 is 14.8 Å². The Bertz CT molecular complexity index is 445. The molecule has 1 N–H and O–H groups in total. The van der Waals surface area contributed by atoms with Gasteiger partial charge in [-0.05, 0) is 38.1 Å². The molecule has 4 heteroatoms. The minimum absolute atomic E-state index is 0.262. The molecule has 1 aliphatic heterocycles. The van der Waals surface area contributed by atoms with Gasteiger partial charge in [0.15, 0.2) is 6.10 Å². The lowest BCUT2D eigenvalue weighted by atomic mass is 10.1. The van der Waals surface area contributed by atoms with Crippen LogP contribution in [0.15, 0.2) is 18.2 Å². The molecule has 2 unspecified atom stereocenters. The molecule has 18 heavy (non-hydrogen) atoms. The van der Waals surface area contributed by atoms with Crippen molar-refractivity contribution in [3.05, 3.63) is 29.3 Å². The Labute approximate surface area is 107 Å². The van der Waals surface area contributed by atoms with Gasteiger partial charge in [0.05, 0.1) is 6.61 Å². The van der Waals surface area contributed by atoms with Crippen molar-refractivity contribution in [3.8, 4) is 5.75 Å². The van der Waals surface area contributed by atoms with Gasteiger partial charge in [-0.3, -0.25) is 0 Å². The van der Waals surface area contributed by atoms with E-state index in [1.54, 1.807) is 0 Å². The number of aryl methyl sites for hydroxylation is 1. The molecule has 1 saturated heterocycles. The zero-order valence-electron chi connectivity index (χ0n) is 11.0. The SMILES string of the molecule is CNC(C)c1ccc(OC2CCOC2=O)c(C)c1. The Morgan fingerprint density at radius 1 is 1.50 bits per heavy atom. The first kappa shape index (κ1) is 12.9. The first-order valence-electron chi connectivity index (χ1n) is 6.23. The normalized spacial score (nSPS) is 20.6. The molecule has 0 spiro atoms. The highest BCUT2D eigenvalue weighted by molar-refractivity contribution is 5.76. The van der Waals surface area contributed by atoms with Crippen molar-refractivity contribution < 1.29 is 14.3 Å². The maximum atomic E-state index is 11.4. The summed E-state index contributed by atoms with van der Waals surface area (Å²) in [5.41, 5.74) is 2.24. The van der Waals surface area contributed by atoms with Gasteiger partial charge in [0.1, 0.15) is 5.75 Å². The number of ether oxygens (including phenoxy) is 2. The number of hydrogen-bond acceptors (Lipinski definition) is 4. The van der Waals surface area contributed by atoms with Crippen molar-refractivity contribution in [2.75, 3.05) is 13.7 Å². The fourth-order valence-corrected chi connectivity index (χ4v) is 1.98. The molecule has 0 bridgehead atoms. The van der Waals surface area contributed by atoms with Gasteiger partial charge in [0, 0.05) is 12.5 Å². The minimum Gasteiger partial charge on any atom is -0.478 e. The summed E-state index contributed by atoms with van der Waals surface area (Å²) >= 11 is 0. The molecule has 4 nitrogen and oxygen atoms in total. The fourth-order valence-electron chi connectivity index (χ4n) is 1.98. The molecule has 0 aromatic heterocycles. The molecule has 1 heterocycles. The summed E-state index contributed by atoms with van der Waals surface area (Å²) in [6, 6.07) is 6.32. The lowest BCUT2D eigenvalue weighted by molar-refractivity contribution is -0.143. The van der Waals surface area contributed by atoms with Crippen LogP contribution in [0, 0.1) is 6.92 Å². The molecule has 1 aromatic carbocycles. The summed E-state index contributed by atoms with van der Waals surface area (Å²) < 4.78 is 10.6. The van der Waals surface area contributed by atoms with E-state index in [-0.39, 0.29) is 5.97 Å². The predicted octanol–water partition coefficient (Wildman–Crippen LogP) is 1.97. The van der Waals surface area contributed by atoms with Crippen LogP contribution in [-0.2, 0) is 9.53 Å². The highest BCUT2D eigenvalue weighted by Gasteiger charge is 2.28. The van der Waals surface area contributed by atoms with E-state index >= 15 is 0 Å². The van der Waals surface area contributed by atoms with E-state index in [1.807, 2.05) is 26.1 Å². The van der Waals surface area contributed by atoms with E-state index in [0.29, 0.717) is 19.1 Å². The van der Waals surface area contributed by atoms with Gasteiger partial charge in [0.2, 0.25) is 0 Å². The fraction of sp³-hybridized carbons (Fsp3) is 0.500. The van der Waals surface area contributed by atoms with Crippen LogP contribution in [-0.4, -0.2) is 25.7 Å². The summed E-state index contributed by atoms with van der Waals surface area (Å²) in [5, 5.41) is 3.19. The average Bonchev–Trinajstić information content (AvgIpc) is 2.76. The Morgan fingerprint density at radius 3 is 2.83 bits per heavy atom. The standard InChI is InChI=1S/C14H19NO3/c1-9-8-11(10(2)15-3)4-5-12(9)18-13-6-7-17-14(13)16/h4-5,8,10,13,15H,6-7H2,1-3H3. The van der Waals surface area contributed by atoms with Crippen LogP contribution in [0.25, 0.3) is 0 Å². The van der Waals surface area contributed by atoms with Crippen molar-refractivity contribution in [3.63, 3.8) is 0 Å². The maximum absolute atomic E-state index is 11.4. The van der Waals surface area contributed by atoms with E-state index in [1.165, 1.54) is 5.56 Å². The first-order valence-corrected chi connectivity index (χ1v) is 6.23. The van der Waals surface area contributed by atoms with E-state index in [9.17, 15) is 4.79 Å². The van der Waals surface area contributed by atoms with Gasteiger partial charge in [-0.25, -0.2) is 4.79 Å². The summed E-state index contributed by atoms with van der Waals surface area (Å²) in [6.45, 7) is 4.54. The molecule has 0 radical (unpaired) electrons. The first-order chi connectivity index (χ1) is 8.61. The van der Waals surface area contributed by atoms with Gasteiger partial charge in [-0.15, -0.1) is 0 Å². The van der Waals surface area contributed by atoms with E-state index in [2.05, 4.69) is 18.3 Å². The third kappa shape index (κ3) is 2.64. The predicted molar refractivity (Wildman–Crippen MR) is 68.6 cm³/mol. The quantitative estimate of drug-likeness (QED) is 0.829. The zero-order valence-corrected chi connectivity index (χ0v) is 11.0. The number of carbonyl (C=O) groups is 1. The van der Waals surface area contributed by atoms with Crippen molar-refractivity contribution in [2.24, 2.45) is 0 Å². The number of esters is 1. The van der Waals surface area contributed by atoms with Gasteiger partial charge >= 0.3 is 5.97 Å². The van der Waals surface area contributed by atoms with Crippen molar-refractivity contribution in [2.45, 2.75) is 32.4 Å². The van der Waals surface area contributed by atoms with Gasteiger partial charge in [-0.1, -0.05) is 12.1 Å². The third-order valence-electron chi connectivity index (χ3n) is 3.29. The Hall–Kier alpha value is -1.55. The number of rotatable bonds is 4. The van der Waals surface area contributed by atoms with E-state index in [0.717, 1.165) is 11.3 Å². The van der Waals surface area contributed by atoms with Crippen LogP contribution >= 0.6 is 0 Å². The van der Waals surface area contributed by atoms with Crippen LogP contribution in [0.4, 0.5) is 0 Å². The summed E-state index contributed by atoms with van der Waals surface area (Å²) in [5.74, 6) is 0.493. The summed E-state index contributed by atoms with van der Waals surface area (Å²) in [6.07, 6.45) is 0.184. The smallest absolute Gasteiger partial charge is 0.347 e. The topological polar surface area (TPSA) is 47.6 Å². The Balaban J connectivity index is 2.12. The highest BCUT2D eigenvalue weighted by Crippen LogP contribution is 2.25.